The largest absolute Gasteiger partial charge is 0.489 e. The number of ether oxygens (including phenoxy) is 3. The fourth-order valence-electron chi connectivity index (χ4n) is 4.38. The third kappa shape index (κ3) is 7.52. The molecule has 45 heavy (non-hydrogen) atoms. The lowest BCUT2D eigenvalue weighted by atomic mass is 10.0. The number of nitro benzene ring substituents is 1. The summed E-state index contributed by atoms with van der Waals surface area (Å²) in [6.45, 7) is -2.84. The van der Waals surface area contributed by atoms with Crippen molar-refractivity contribution < 1.29 is 46.1 Å². The first-order chi connectivity index (χ1) is 21.4. The molecule has 1 aliphatic carbocycles. The smallest absolute Gasteiger partial charge is 0.387 e. The van der Waals surface area contributed by atoms with Gasteiger partial charge < -0.3 is 14.2 Å². The zero-order chi connectivity index (χ0) is 32.3. The van der Waals surface area contributed by atoms with E-state index in [1.165, 1.54) is 42.7 Å². The number of benzene rings is 2. The molecular formula is C29H24Cl2F2N3O8S+. The molecule has 5 rings (SSSR count). The quantitative estimate of drug-likeness (QED) is 0.0911. The molecule has 1 aliphatic rings. The van der Waals surface area contributed by atoms with E-state index in [0.717, 1.165) is 43.3 Å². The van der Waals surface area contributed by atoms with Crippen molar-refractivity contribution in [3.63, 3.8) is 0 Å². The molecule has 4 aromatic rings. The second-order valence-electron chi connectivity index (χ2n) is 10.0. The Bertz CT molecular complexity index is 1810. The highest BCUT2D eigenvalue weighted by Gasteiger charge is 2.29. The number of halogens is 4. The van der Waals surface area contributed by atoms with Gasteiger partial charge in [-0.15, -0.1) is 0 Å². The fraction of sp³-hybridized carbons (Fsp3) is 0.241. The molecule has 1 saturated carbocycles. The molecular weight excluding hydrogens is 659 g/mol. The van der Waals surface area contributed by atoms with Crippen LogP contribution in [-0.2, 0) is 21.2 Å². The van der Waals surface area contributed by atoms with Crippen molar-refractivity contribution in [2.24, 2.45) is 5.92 Å². The maximum atomic E-state index is 13.6. The van der Waals surface area contributed by atoms with Crippen molar-refractivity contribution >= 4 is 44.9 Å². The standard InChI is InChI=1S/C29H23Cl2F2N3O8S/c30-22-14-34-15-23(31)21(22)13-26(18-5-10-25(44-29(32)33)27(12-18)42-16-17-3-4-17)43-28(37)24-2-1-11-35(24)45(40,41)20-8-6-19(7-9-20)36(38)39/h1-2,5-12,14-15,17,26,29H,3-4,13,16H2/p+1/t26-/m0/s1. The summed E-state index contributed by atoms with van der Waals surface area (Å²) in [4.78, 5) is 26.4. The van der Waals surface area contributed by atoms with Gasteiger partial charge in [0.2, 0.25) is 0 Å². The summed E-state index contributed by atoms with van der Waals surface area (Å²) in [7, 11) is -4.38. The third-order valence-electron chi connectivity index (χ3n) is 6.89. The van der Waals surface area contributed by atoms with E-state index in [1.54, 1.807) is 0 Å². The number of carbonyl (C=O) groups excluding carboxylic acids is 1. The summed E-state index contributed by atoms with van der Waals surface area (Å²) >= 11 is 12.8. The highest BCUT2D eigenvalue weighted by molar-refractivity contribution is 7.90. The molecule has 0 bridgehead atoms. The van der Waals surface area contributed by atoms with E-state index in [2.05, 4.69) is 9.72 Å². The number of esters is 1. The zero-order valence-electron chi connectivity index (χ0n) is 23.1. The van der Waals surface area contributed by atoms with Gasteiger partial charge in [-0.05, 0) is 60.7 Å². The lowest BCUT2D eigenvalue weighted by Gasteiger charge is -2.21. The molecule has 2 aromatic carbocycles. The summed E-state index contributed by atoms with van der Waals surface area (Å²) in [6.07, 6.45) is 4.68. The third-order valence-corrected chi connectivity index (χ3v) is 9.27. The van der Waals surface area contributed by atoms with E-state index in [0.29, 0.717) is 15.1 Å². The molecule has 0 unspecified atom stereocenters. The van der Waals surface area contributed by atoms with Gasteiger partial charge in [0.15, 0.2) is 23.9 Å². The Morgan fingerprint density at radius 3 is 2.38 bits per heavy atom. The van der Waals surface area contributed by atoms with E-state index in [-0.39, 0.29) is 56.8 Å². The first-order valence-electron chi connectivity index (χ1n) is 13.4. The number of H-pyrrole nitrogens is 1. The predicted molar refractivity (Wildman–Crippen MR) is 156 cm³/mol. The Hall–Kier alpha value is -4.27. The van der Waals surface area contributed by atoms with Crippen LogP contribution in [0.3, 0.4) is 0 Å². The summed E-state index contributed by atoms with van der Waals surface area (Å²) in [6, 6.07) is 10.8. The maximum absolute atomic E-state index is 13.6. The number of nitro groups is 1. The molecule has 1 N–H and O–H groups in total. The monoisotopic (exact) mass is 682 g/mol. The van der Waals surface area contributed by atoms with Crippen molar-refractivity contribution in [1.29, 1.82) is 0 Å². The molecule has 2 heterocycles. The molecule has 1 atom stereocenters. The normalized spacial score (nSPS) is 13.8. The lowest BCUT2D eigenvalue weighted by Crippen LogP contribution is -2.21. The number of hydrogen-bond acceptors (Lipinski definition) is 8. The van der Waals surface area contributed by atoms with Gasteiger partial charge in [-0.3, -0.25) is 10.1 Å². The summed E-state index contributed by atoms with van der Waals surface area (Å²) in [5, 5.41) is 11.4. The molecule has 0 radical (unpaired) electrons. The number of aromatic nitrogens is 2. The van der Waals surface area contributed by atoms with Crippen LogP contribution in [0.2, 0.25) is 10.0 Å². The van der Waals surface area contributed by atoms with Crippen molar-refractivity contribution in [2.45, 2.75) is 36.9 Å². The Morgan fingerprint density at radius 2 is 1.76 bits per heavy atom. The van der Waals surface area contributed by atoms with Crippen molar-refractivity contribution in [2.75, 3.05) is 6.61 Å². The maximum Gasteiger partial charge on any atom is 0.387 e. The van der Waals surface area contributed by atoms with Gasteiger partial charge in [0.05, 0.1) is 16.4 Å². The second-order valence-corrected chi connectivity index (χ2v) is 12.6. The van der Waals surface area contributed by atoms with Gasteiger partial charge in [-0.25, -0.2) is 22.2 Å². The lowest BCUT2D eigenvalue weighted by molar-refractivity contribution is -0.384. The highest BCUT2D eigenvalue weighted by Crippen LogP contribution is 2.38. The predicted octanol–water partition coefficient (Wildman–Crippen LogP) is 6.29. The van der Waals surface area contributed by atoms with Gasteiger partial charge in [0.25, 0.3) is 15.7 Å². The number of nitrogens with one attached hydrogen (secondary N) is 1. The molecule has 16 heteroatoms. The molecule has 0 amide bonds. The van der Waals surface area contributed by atoms with Crippen LogP contribution < -0.4 is 14.5 Å². The van der Waals surface area contributed by atoms with Crippen molar-refractivity contribution in [1.82, 2.24) is 3.97 Å². The van der Waals surface area contributed by atoms with Crippen molar-refractivity contribution in [3.8, 4) is 11.5 Å². The van der Waals surface area contributed by atoms with Crippen LogP contribution in [-0.4, -0.2) is 36.5 Å². The van der Waals surface area contributed by atoms with Gasteiger partial charge in [-0.2, -0.15) is 8.78 Å². The molecule has 0 aliphatic heterocycles. The molecule has 0 saturated heterocycles. The molecule has 2 aromatic heterocycles. The minimum atomic E-state index is -4.38. The van der Waals surface area contributed by atoms with Crippen LogP contribution in [0.15, 0.2) is 78.1 Å². The minimum absolute atomic E-state index is 0.00321. The average Bonchev–Trinajstić information content (AvgIpc) is 3.69. The molecule has 0 spiro atoms. The summed E-state index contributed by atoms with van der Waals surface area (Å²) in [5.41, 5.74) is -0.00537. The van der Waals surface area contributed by atoms with E-state index < -0.39 is 33.6 Å². The van der Waals surface area contributed by atoms with Crippen LogP contribution in [0.5, 0.6) is 11.5 Å². The van der Waals surface area contributed by atoms with Gasteiger partial charge in [0, 0.05) is 30.3 Å². The van der Waals surface area contributed by atoms with Gasteiger partial charge >= 0.3 is 12.6 Å². The minimum Gasteiger partial charge on any atom is -0.489 e. The topological polar surface area (TPSA) is 141 Å². The number of alkyl halides is 2. The number of pyridine rings is 1. The van der Waals surface area contributed by atoms with E-state index in [4.69, 9.17) is 32.7 Å². The number of hydrogen-bond donors (Lipinski definition) is 0. The number of non-ortho nitro benzene ring substituents is 1. The average molecular weight is 683 g/mol. The van der Waals surface area contributed by atoms with Crippen LogP contribution >= 0.6 is 23.2 Å². The first kappa shape index (κ1) is 32.1. The Morgan fingerprint density at radius 1 is 1.07 bits per heavy atom. The number of nitrogens with zero attached hydrogens (tertiary/aromatic N) is 2. The Balaban J connectivity index is 1.50. The van der Waals surface area contributed by atoms with Crippen LogP contribution in [0.4, 0.5) is 14.5 Å². The second kappa shape index (κ2) is 13.4. The van der Waals surface area contributed by atoms with Crippen molar-refractivity contribution in [3.05, 3.63) is 110 Å². The van der Waals surface area contributed by atoms with E-state index in [1.807, 2.05) is 0 Å². The van der Waals surface area contributed by atoms with Crippen LogP contribution in [0.1, 0.15) is 40.6 Å². The zero-order valence-corrected chi connectivity index (χ0v) is 25.4. The molecule has 11 nitrogen and oxygen atoms in total. The van der Waals surface area contributed by atoms with Gasteiger partial charge in [-0.1, -0.05) is 29.3 Å². The number of rotatable bonds is 13. The number of aromatic amines is 1. The first-order valence-corrected chi connectivity index (χ1v) is 15.6. The summed E-state index contributed by atoms with van der Waals surface area (Å²) in [5.74, 6) is -0.986. The van der Waals surface area contributed by atoms with Gasteiger partial charge in [0.1, 0.15) is 21.8 Å². The number of carbonyl (C=O) groups is 1. The van der Waals surface area contributed by atoms with E-state index >= 15 is 0 Å². The Kier molecular flexibility index (Phi) is 9.56. The summed E-state index contributed by atoms with van der Waals surface area (Å²) < 4.78 is 70.0. The fourth-order valence-corrected chi connectivity index (χ4v) is 6.25. The highest BCUT2D eigenvalue weighted by atomic mass is 35.5. The van der Waals surface area contributed by atoms with Crippen LogP contribution in [0.25, 0.3) is 0 Å². The SMILES string of the molecule is O=C(O[C@@H](Cc1c(Cl)c[nH+]cc1Cl)c1ccc(OC(F)F)c(OCC2CC2)c1)c1cccn1S(=O)(=O)c1ccc([N+](=O)[O-])cc1. The molecule has 236 valence electrons. The van der Waals surface area contributed by atoms with E-state index in [9.17, 15) is 32.1 Å². The van der Waals surface area contributed by atoms with Crippen LogP contribution in [0, 0.1) is 16.0 Å². The molecule has 1 fully saturated rings. The Labute approximate surface area is 265 Å².